The number of aryl methyl sites for hydroxylation is 1. The molecular formula is C24H37N5O4. The summed E-state index contributed by atoms with van der Waals surface area (Å²) in [5, 5.41) is 4.58. The predicted molar refractivity (Wildman–Crippen MR) is 129 cm³/mol. The molecule has 2 aromatic rings. The number of carbonyl (C=O) groups excluding carboxylic acids is 2. The van der Waals surface area contributed by atoms with Crippen molar-refractivity contribution in [2.24, 2.45) is 0 Å². The van der Waals surface area contributed by atoms with E-state index in [1.807, 2.05) is 54.5 Å². The molecule has 0 bridgehead atoms. The number of nitrogens with zero attached hydrogens (tertiary/aromatic N) is 5. The van der Waals surface area contributed by atoms with E-state index in [9.17, 15) is 9.59 Å². The van der Waals surface area contributed by atoms with Crippen LogP contribution < -0.4 is 9.80 Å². The first-order valence-corrected chi connectivity index (χ1v) is 11.4. The monoisotopic (exact) mass is 460 g/mol. The Morgan fingerprint density at radius 2 is 1.70 bits per heavy atom. The summed E-state index contributed by atoms with van der Waals surface area (Å²) in [6.45, 7) is 15.3. The summed E-state index contributed by atoms with van der Waals surface area (Å²) in [6, 6.07) is 3.71. The van der Waals surface area contributed by atoms with E-state index in [1.54, 1.807) is 22.5 Å². The zero-order valence-electron chi connectivity index (χ0n) is 22.1. The molecule has 0 spiro atoms. The molecule has 9 heteroatoms. The van der Waals surface area contributed by atoms with Crippen LogP contribution in [0.3, 0.4) is 0 Å². The molecule has 0 aromatic carbocycles. The molecular weight excluding hydrogens is 422 g/mol. The van der Waals surface area contributed by atoms with Crippen molar-refractivity contribution in [2.75, 3.05) is 43.0 Å². The number of rotatable bonds is 3. The van der Waals surface area contributed by atoms with Gasteiger partial charge in [-0.3, -0.25) is 4.90 Å². The Bertz CT molecular complexity index is 1060. The summed E-state index contributed by atoms with van der Waals surface area (Å²) < 4.78 is 21.2. The van der Waals surface area contributed by atoms with Crippen molar-refractivity contribution in [1.82, 2.24) is 14.5 Å². The first kappa shape index (κ1) is 23.2. The zero-order valence-corrected chi connectivity index (χ0v) is 21.1. The smallest absolute Gasteiger partial charge is 0.414 e. The Morgan fingerprint density at radius 1 is 1.09 bits per heavy atom. The molecule has 1 fully saturated rings. The number of ether oxygens (including phenoxy) is 2. The largest absolute Gasteiger partial charge is 0.444 e. The van der Waals surface area contributed by atoms with Crippen molar-refractivity contribution in [3.63, 3.8) is 0 Å². The molecule has 0 N–H and O–H groups in total. The Hall–Kier alpha value is -2.97. The van der Waals surface area contributed by atoms with Crippen LogP contribution in [0.15, 0.2) is 18.3 Å². The average molecular weight is 461 g/mol. The predicted octanol–water partition coefficient (Wildman–Crippen LogP) is 4.33. The Balaban J connectivity index is 1.88. The van der Waals surface area contributed by atoms with Gasteiger partial charge in [-0.2, -0.15) is 5.10 Å². The molecule has 3 rings (SSSR count). The maximum Gasteiger partial charge on any atom is 0.414 e. The molecule has 0 radical (unpaired) electrons. The second-order valence-electron chi connectivity index (χ2n) is 10.3. The number of hydrogen-bond acceptors (Lipinski definition) is 6. The number of anilines is 2. The lowest BCUT2D eigenvalue weighted by Gasteiger charge is -2.36. The van der Waals surface area contributed by atoms with Crippen LogP contribution in [0.5, 0.6) is 0 Å². The Kier molecular flexibility index (Phi) is 6.41. The minimum atomic E-state index is -0.625. The van der Waals surface area contributed by atoms with E-state index >= 15 is 0 Å². The lowest BCUT2D eigenvalue weighted by molar-refractivity contribution is 0.0240. The van der Waals surface area contributed by atoms with Crippen LogP contribution in [0, 0.1) is 0 Å². The average Bonchev–Trinajstić information content (AvgIpc) is 3.10. The fourth-order valence-electron chi connectivity index (χ4n) is 3.69. The molecule has 2 aromatic heterocycles. The molecule has 1 aliphatic heterocycles. The lowest BCUT2D eigenvalue weighted by atomic mass is 10.2. The van der Waals surface area contributed by atoms with Gasteiger partial charge in [0.2, 0.25) is 0 Å². The van der Waals surface area contributed by atoms with Gasteiger partial charge in [0.05, 0.1) is 18.3 Å². The molecule has 0 unspecified atom stereocenters. The summed E-state index contributed by atoms with van der Waals surface area (Å²) in [5.41, 5.74) is 1.72. The van der Waals surface area contributed by atoms with Gasteiger partial charge >= 0.3 is 12.2 Å². The van der Waals surface area contributed by atoms with Crippen LogP contribution in [-0.4, -0.2) is 71.1 Å². The molecule has 9 nitrogen and oxygen atoms in total. The summed E-state index contributed by atoms with van der Waals surface area (Å²) >= 11 is 0. The van der Waals surface area contributed by atoms with Gasteiger partial charge < -0.3 is 19.3 Å². The van der Waals surface area contributed by atoms with Crippen molar-refractivity contribution >= 4 is 29.1 Å². The molecule has 182 valence electrons. The fourth-order valence-corrected chi connectivity index (χ4v) is 3.69. The van der Waals surface area contributed by atoms with Crippen molar-refractivity contribution in [2.45, 2.75) is 66.1 Å². The number of piperazine rings is 1. The van der Waals surface area contributed by atoms with E-state index in [0.717, 1.165) is 5.69 Å². The summed E-state index contributed by atoms with van der Waals surface area (Å²) in [6.07, 6.45) is 0.0436. The quantitative estimate of drug-likeness (QED) is 0.679. The van der Waals surface area contributed by atoms with Crippen molar-refractivity contribution in [3.05, 3.63) is 24.0 Å². The SMILES string of the molecule is [2H]c1cc(N2CCN(C(=O)OC(C)(C)C)CC2)cc2c(N(C)C(=O)OC(C)(C)C)c(CC)nn12. The third-order valence-electron chi connectivity index (χ3n) is 5.22. The Morgan fingerprint density at radius 3 is 2.24 bits per heavy atom. The van der Waals surface area contributed by atoms with Crippen molar-refractivity contribution in [3.8, 4) is 0 Å². The van der Waals surface area contributed by atoms with Crippen molar-refractivity contribution < 1.29 is 20.4 Å². The van der Waals surface area contributed by atoms with Gasteiger partial charge in [-0.1, -0.05) is 6.92 Å². The highest BCUT2D eigenvalue weighted by Crippen LogP contribution is 2.30. The lowest BCUT2D eigenvalue weighted by Crippen LogP contribution is -2.50. The van der Waals surface area contributed by atoms with Crippen LogP contribution in [0.4, 0.5) is 21.0 Å². The maximum absolute atomic E-state index is 12.8. The van der Waals surface area contributed by atoms with Gasteiger partial charge in [-0.25, -0.2) is 14.1 Å². The van der Waals surface area contributed by atoms with Crippen molar-refractivity contribution in [1.29, 1.82) is 0 Å². The molecule has 1 saturated heterocycles. The van der Waals surface area contributed by atoms with E-state index in [1.165, 1.54) is 4.90 Å². The van der Waals surface area contributed by atoms with E-state index in [2.05, 4.69) is 10.00 Å². The van der Waals surface area contributed by atoms with Gasteiger partial charge in [-0.05, 0) is 60.1 Å². The van der Waals surface area contributed by atoms with E-state index < -0.39 is 17.3 Å². The number of amides is 2. The van der Waals surface area contributed by atoms with Gasteiger partial charge in [0.25, 0.3) is 0 Å². The highest BCUT2D eigenvalue weighted by Gasteiger charge is 2.28. The number of hydrogen-bond donors (Lipinski definition) is 0. The second-order valence-corrected chi connectivity index (χ2v) is 10.3. The maximum atomic E-state index is 12.8. The third kappa shape index (κ3) is 5.89. The van der Waals surface area contributed by atoms with E-state index in [0.29, 0.717) is 49.5 Å². The van der Waals surface area contributed by atoms with Crippen LogP contribution in [0.1, 0.15) is 55.5 Å². The standard InChI is InChI=1S/C24H37N5O4/c1-9-18-20(26(8)21(30)32-23(2,3)4)19-16-17(10-11-29(19)25-18)27-12-14-28(15-13-27)22(31)33-24(5,6)7/h10-11,16H,9,12-15H2,1-8H3/i11D. The van der Waals surface area contributed by atoms with Crippen LogP contribution in [0.2, 0.25) is 0 Å². The van der Waals surface area contributed by atoms with Gasteiger partial charge in [-0.15, -0.1) is 0 Å². The summed E-state index contributed by atoms with van der Waals surface area (Å²) in [5.74, 6) is 0. The number of carbonyl (C=O) groups is 2. The highest BCUT2D eigenvalue weighted by molar-refractivity contribution is 5.94. The van der Waals surface area contributed by atoms with Gasteiger partial charge in [0.1, 0.15) is 11.2 Å². The normalized spacial score (nSPS) is 15.5. The topological polar surface area (TPSA) is 79.6 Å². The minimum Gasteiger partial charge on any atom is -0.444 e. The van der Waals surface area contributed by atoms with Crippen LogP contribution in [0.25, 0.3) is 5.52 Å². The molecule has 2 amide bonds. The second kappa shape index (κ2) is 9.11. The molecule has 0 atom stereocenters. The summed E-state index contributed by atoms with van der Waals surface area (Å²) in [4.78, 5) is 30.5. The Labute approximate surface area is 197 Å². The van der Waals surface area contributed by atoms with E-state index in [4.69, 9.17) is 10.8 Å². The first-order valence-electron chi connectivity index (χ1n) is 11.9. The van der Waals surface area contributed by atoms with Gasteiger partial charge in [0.15, 0.2) is 0 Å². The number of aromatic nitrogens is 2. The van der Waals surface area contributed by atoms with E-state index in [-0.39, 0.29) is 12.3 Å². The molecule has 33 heavy (non-hydrogen) atoms. The molecule has 1 aliphatic rings. The fraction of sp³-hybridized carbons (Fsp3) is 0.625. The first-order chi connectivity index (χ1) is 15.7. The minimum absolute atomic E-state index is 0.223. The van der Waals surface area contributed by atoms with Crippen LogP contribution >= 0.6 is 0 Å². The van der Waals surface area contributed by atoms with Gasteiger partial charge in [0, 0.05) is 45.1 Å². The number of fused-ring (bicyclic) bond motifs is 1. The molecule has 0 saturated carbocycles. The molecule has 0 aliphatic carbocycles. The molecule has 3 heterocycles. The zero-order chi connectivity index (χ0) is 25.4. The number of pyridine rings is 1. The van der Waals surface area contributed by atoms with Crippen LogP contribution in [-0.2, 0) is 15.9 Å². The third-order valence-corrected chi connectivity index (χ3v) is 5.22. The summed E-state index contributed by atoms with van der Waals surface area (Å²) in [7, 11) is 1.67. The highest BCUT2D eigenvalue weighted by atomic mass is 16.6.